The zero-order chi connectivity index (χ0) is 13.1. The van der Waals surface area contributed by atoms with Crippen molar-refractivity contribution in [1.29, 1.82) is 0 Å². The summed E-state index contributed by atoms with van der Waals surface area (Å²) in [6.07, 6.45) is 2.70. The molecule has 1 aliphatic rings. The van der Waals surface area contributed by atoms with Gasteiger partial charge in [0, 0.05) is 27.1 Å². The Balaban J connectivity index is 2.49. The van der Waals surface area contributed by atoms with Gasteiger partial charge in [0.25, 0.3) is 0 Å². The average molecular weight is 258 g/mol. The predicted octanol–water partition coefficient (Wildman–Crippen LogP) is 1.02. The second-order valence-corrected chi connectivity index (χ2v) is 5.35. The number of carbonyl (C=O) groups excluding carboxylic acids is 2. The van der Waals surface area contributed by atoms with E-state index in [1.165, 1.54) is 4.90 Å². The summed E-state index contributed by atoms with van der Waals surface area (Å²) in [7, 11) is 3.41. The highest BCUT2D eigenvalue weighted by atomic mass is 32.1. The molecular formula is C12H22N2O2S. The molecule has 0 aromatic carbocycles. The fourth-order valence-corrected chi connectivity index (χ4v) is 2.11. The minimum absolute atomic E-state index is 0.0316. The third-order valence-corrected chi connectivity index (χ3v) is 4.05. The molecule has 0 aromatic rings. The number of hydrogen-bond acceptors (Lipinski definition) is 3. The Bertz CT molecular complexity index is 301. The SMILES string of the molecule is CCN(CC(=O)N(C)C)C(=O)CC1(CS)CC1. The summed E-state index contributed by atoms with van der Waals surface area (Å²) >= 11 is 4.29. The lowest BCUT2D eigenvalue weighted by Crippen LogP contribution is -2.41. The molecule has 0 bridgehead atoms. The minimum Gasteiger partial charge on any atom is -0.347 e. The maximum Gasteiger partial charge on any atom is 0.241 e. The summed E-state index contributed by atoms with van der Waals surface area (Å²) in [6, 6.07) is 0. The second-order valence-electron chi connectivity index (χ2n) is 5.03. The van der Waals surface area contributed by atoms with E-state index in [1.807, 2.05) is 6.92 Å². The van der Waals surface area contributed by atoms with Gasteiger partial charge in [0.2, 0.25) is 11.8 Å². The molecular weight excluding hydrogens is 236 g/mol. The van der Waals surface area contributed by atoms with Crippen LogP contribution in [0.15, 0.2) is 0 Å². The fourth-order valence-electron chi connectivity index (χ4n) is 1.68. The van der Waals surface area contributed by atoms with E-state index in [9.17, 15) is 9.59 Å². The van der Waals surface area contributed by atoms with E-state index in [2.05, 4.69) is 12.6 Å². The van der Waals surface area contributed by atoms with E-state index < -0.39 is 0 Å². The Labute approximate surface area is 109 Å². The van der Waals surface area contributed by atoms with E-state index >= 15 is 0 Å². The molecule has 0 atom stereocenters. The van der Waals surface area contributed by atoms with Crippen LogP contribution < -0.4 is 0 Å². The molecule has 4 nitrogen and oxygen atoms in total. The predicted molar refractivity (Wildman–Crippen MR) is 71.1 cm³/mol. The number of likely N-dealkylation sites (N-methyl/N-ethyl adjacent to an activating group) is 2. The lowest BCUT2D eigenvalue weighted by atomic mass is 10.0. The number of rotatable bonds is 6. The van der Waals surface area contributed by atoms with Crippen molar-refractivity contribution in [3.8, 4) is 0 Å². The summed E-state index contributed by atoms with van der Waals surface area (Å²) in [6.45, 7) is 2.67. The number of thiol groups is 1. The van der Waals surface area contributed by atoms with E-state index in [0.29, 0.717) is 13.0 Å². The average Bonchev–Trinajstić information content (AvgIpc) is 3.05. The topological polar surface area (TPSA) is 40.6 Å². The first kappa shape index (κ1) is 14.4. The smallest absolute Gasteiger partial charge is 0.241 e. The third-order valence-electron chi connectivity index (χ3n) is 3.38. The first-order chi connectivity index (χ1) is 7.94. The highest BCUT2D eigenvalue weighted by Crippen LogP contribution is 2.49. The molecule has 0 N–H and O–H groups in total. The van der Waals surface area contributed by atoms with Crippen LogP contribution in [0.1, 0.15) is 26.2 Å². The zero-order valence-corrected chi connectivity index (χ0v) is 11.8. The molecule has 1 fully saturated rings. The van der Waals surface area contributed by atoms with Gasteiger partial charge in [-0.25, -0.2) is 0 Å². The van der Waals surface area contributed by atoms with Crippen LogP contribution in [0.2, 0.25) is 0 Å². The Morgan fingerprint density at radius 2 is 1.82 bits per heavy atom. The zero-order valence-electron chi connectivity index (χ0n) is 10.9. The van der Waals surface area contributed by atoms with Crippen molar-refractivity contribution in [2.75, 3.05) is 32.9 Å². The van der Waals surface area contributed by atoms with E-state index in [0.717, 1.165) is 18.6 Å². The van der Waals surface area contributed by atoms with Crippen molar-refractivity contribution < 1.29 is 9.59 Å². The minimum atomic E-state index is -0.0316. The van der Waals surface area contributed by atoms with Crippen LogP contribution in [0, 0.1) is 5.41 Å². The van der Waals surface area contributed by atoms with Crippen molar-refractivity contribution >= 4 is 24.4 Å². The molecule has 2 amide bonds. The molecule has 0 saturated heterocycles. The molecule has 1 saturated carbocycles. The normalized spacial score (nSPS) is 16.5. The van der Waals surface area contributed by atoms with Crippen molar-refractivity contribution in [2.45, 2.75) is 26.2 Å². The summed E-state index contributed by atoms with van der Waals surface area (Å²) < 4.78 is 0. The Hall–Kier alpha value is -0.710. The van der Waals surface area contributed by atoms with Gasteiger partial charge in [0.1, 0.15) is 0 Å². The largest absolute Gasteiger partial charge is 0.347 e. The highest BCUT2D eigenvalue weighted by Gasteiger charge is 2.43. The lowest BCUT2D eigenvalue weighted by molar-refractivity contribution is -0.139. The van der Waals surface area contributed by atoms with Crippen molar-refractivity contribution in [2.24, 2.45) is 5.41 Å². The van der Waals surface area contributed by atoms with E-state index in [1.54, 1.807) is 19.0 Å². The summed E-state index contributed by atoms with van der Waals surface area (Å²) in [5.41, 5.74) is 0.120. The first-order valence-corrected chi connectivity index (χ1v) is 6.66. The van der Waals surface area contributed by atoms with Crippen LogP contribution in [0.25, 0.3) is 0 Å². The molecule has 0 radical (unpaired) electrons. The highest BCUT2D eigenvalue weighted by molar-refractivity contribution is 7.80. The lowest BCUT2D eigenvalue weighted by Gasteiger charge is -2.24. The van der Waals surface area contributed by atoms with E-state index in [4.69, 9.17) is 0 Å². The monoisotopic (exact) mass is 258 g/mol. The molecule has 0 spiro atoms. The number of nitrogens with zero attached hydrogens (tertiary/aromatic N) is 2. The van der Waals surface area contributed by atoms with Crippen LogP contribution in [-0.4, -0.2) is 54.6 Å². The van der Waals surface area contributed by atoms with Crippen molar-refractivity contribution in [3.05, 3.63) is 0 Å². The van der Waals surface area contributed by atoms with Gasteiger partial charge in [0.15, 0.2) is 0 Å². The maximum atomic E-state index is 12.1. The molecule has 17 heavy (non-hydrogen) atoms. The summed E-state index contributed by atoms with van der Waals surface area (Å²) in [5, 5.41) is 0. The van der Waals surface area contributed by atoms with Gasteiger partial charge >= 0.3 is 0 Å². The van der Waals surface area contributed by atoms with Crippen LogP contribution >= 0.6 is 12.6 Å². The van der Waals surface area contributed by atoms with E-state index in [-0.39, 0.29) is 23.8 Å². The summed E-state index contributed by atoms with van der Waals surface area (Å²) in [4.78, 5) is 26.8. The second kappa shape index (κ2) is 5.76. The number of carbonyl (C=O) groups is 2. The Morgan fingerprint density at radius 1 is 1.24 bits per heavy atom. The molecule has 0 heterocycles. The molecule has 1 rings (SSSR count). The van der Waals surface area contributed by atoms with Gasteiger partial charge in [-0.2, -0.15) is 12.6 Å². The standard InChI is InChI=1S/C12H22N2O2S/c1-4-14(8-11(16)13(2)3)10(15)7-12(9-17)5-6-12/h17H,4-9H2,1-3H3. The van der Waals surface area contributed by atoms with Gasteiger partial charge in [-0.1, -0.05) is 0 Å². The van der Waals surface area contributed by atoms with Gasteiger partial charge in [-0.05, 0) is 30.9 Å². The first-order valence-electron chi connectivity index (χ1n) is 6.03. The Kier molecular flexibility index (Phi) is 4.86. The fraction of sp³-hybridized carbons (Fsp3) is 0.833. The van der Waals surface area contributed by atoms with Crippen molar-refractivity contribution in [1.82, 2.24) is 9.80 Å². The van der Waals surface area contributed by atoms with Gasteiger partial charge in [-0.15, -0.1) is 0 Å². The van der Waals surface area contributed by atoms with Crippen LogP contribution in [0.4, 0.5) is 0 Å². The van der Waals surface area contributed by atoms with Gasteiger partial charge < -0.3 is 9.80 Å². The van der Waals surface area contributed by atoms with Crippen LogP contribution in [0.3, 0.4) is 0 Å². The van der Waals surface area contributed by atoms with Crippen LogP contribution in [-0.2, 0) is 9.59 Å². The third kappa shape index (κ3) is 3.91. The molecule has 1 aliphatic carbocycles. The maximum absolute atomic E-state index is 12.1. The molecule has 0 unspecified atom stereocenters. The molecule has 5 heteroatoms. The van der Waals surface area contributed by atoms with Gasteiger partial charge in [0.05, 0.1) is 6.54 Å². The quantitative estimate of drug-likeness (QED) is 0.723. The summed E-state index contributed by atoms with van der Waals surface area (Å²) in [5.74, 6) is 0.808. The van der Waals surface area contributed by atoms with Crippen LogP contribution in [0.5, 0.6) is 0 Å². The molecule has 0 aromatic heterocycles. The molecule has 0 aliphatic heterocycles. The van der Waals surface area contributed by atoms with Gasteiger partial charge in [-0.3, -0.25) is 9.59 Å². The van der Waals surface area contributed by atoms with Crippen molar-refractivity contribution in [3.63, 3.8) is 0 Å². The number of amides is 2. The molecule has 98 valence electrons. The number of hydrogen-bond donors (Lipinski definition) is 1. The Morgan fingerprint density at radius 3 is 2.18 bits per heavy atom.